The number of aromatic nitrogens is 2. The van der Waals surface area contributed by atoms with E-state index in [1.807, 2.05) is 0 Å². The van der Waals surface area contributed by atoms with Crippen molar-refractivity contribution in [1.82, 2.24) is 14.9 Å². The van der Waals surface area contributed by atoms with Crippen molar-refractivity contribution in [1.29, 1.82) is 0 Å². The summed E-state index contributed by atoms with van der Waals surface area (Å²) in [5.41, 5.74) is 0. The summed E-state index contributed by atoms with van der Waals surface area (Å²) in [6.45, 7) is 0.291. The van der Waals surface area contributed by atoms with E-state index in [1.54, 1.807) is 12.4 Å². The minimum Gasteiger partial charge on any atom is -0.481 e. The Morgan fingerprint density at radius 1 is 1.64 bits per heavy atom. The normalized spacial score (nSPS) is 9.79. The molecule has 2 N–H and O–H groups in total. The van der Waals surface area contributed by atoms with Gasteiger partial charge in [0.25, 0.3) is 0 Å². The van der Waals surface area contributed by atoms with E-state index in [4.69, 9.17) is 5.11 Å². The Bertz CT molecular complexity index is 321. The SMILES string of the molecule is CN(Cc1ncc[nH]1)C(=O)CC(=O)O. The van der Waals surface area contributed by atoms with Gasteiger partial charge in [0.15, 0.2) is 0 Å². The van der Waals surface area contributed by atoms with Crippen LogP contribution >= 0.6 is 0 Å². The van der Waals surface area contributed by atoms with E-state index in [9.17, 15) is 9.59 Å². The zero-order valence-corrected chi connectivity index (χ0v) is 7.73. The molecule has 0 aliphatic rings. The maximum atomic E-state index is 11.2. The zero-order valence-electron chi connectivity index (χ0n) is 7.73. The molecule has 0 radical (unpaired) electrons. The van der Waals surface area contributed by atoms with E-state index in [2.05, 4.69) is 9.97 Å². The second kappa shape index (κ2) is 4.40. The van der Waals surface area contributed by atoms with Gasteiger partial charge in [0.05, 0.1) is 6.54 Å². The van der Waals surface area contributed by atoms with Gasteiger partial charge in [-0.1, -0.05) is 0 Å². The Kier molecular flexibility index (Phi) is 3.22. The van der Waals surface area contributed by atoms with Crippen LogP contribution in [0.1, 0.15) is 12.2 Å². The second-order valence-corrected chi connectivity index (χ2v) is 2.86. The fourth-order valence-electron chi connectivity index (χ4n) is 0.962. The molecule has 14 heavy (non-hydrogen) atoms. The molecule has 1 aromatic rings. The first-order chi connectivity index (χ1) is 6.59. The van der Waals surface area contributed by atoms with E-state index in [-0.39, 0.29) is 0 Å². The number of H-pyrrole nitrogens is 1. The number of aliphatic carboxylic acids is 1. The molecule has 0 saturated heterocycles. The van der Waals surface area contributed by atoms with Gasteiger partial charge in [0, 0.05) is 19.4 Å². The standard InChI is InChI=1S/C8H11N3O3/c1-11(7(12)4-8(13)14)5-6-9-2-3-10-6/h2-3H,4-5H2,1H3,(H,9,10)(H,13,14). The molecule has 0 bridgehead atoms. The number of carboxylic acid groups (broad SMARTS) is 1. The van der Waals surface area contributed by atoms with E-state index >= 15 is 0 Å². The van der Waals surface area contributed by atoms with Gasteiger partial charge in [-0.25, -0.2) is 4.98 Å². The Labute approximate surface area is 80.6 Å². The van der Waals surface area contributed by atoms with Gasteiger partial charge in [-0.15, -0.1) is 0 Å². The number of carbonyl (C=O) groups excluding carboxylic acids is 1. The van der Waals surface area contributed by atoms with Gasteiger partial charge in [0.1, 0.15) is 12.2 Å². The van der Waals surface area contributed by atoms with Crippen molar-refractivity contribution in [2.45, 2.75) is 13.0 Å². The van der Waals surface area contributed by atoms with E-state index < -0.39 is 18.3 Å². The lowest BCUT2D eigenvalue weighted by atomic mass is 10.3. The lowest BCUT2D eigenvalue weighted by Gasteiger charge is -2.13. The summed E-state index contributed by atoms with van der Waals surface area (Å²) in [6, 6.07) is 0. The first-order valence-electron chi connectivity index (χ1n) is 4.03. The van der Waals surface area contributed by atoms with Crippen LogP contribution in [0, 0.1) is 0 Å². The van der Waals surface area contributed by atoms with Crippen molar-refractivity contribution < 1.29 is 14.7 Å². The molecular formula is C8H11N3O3. The highest BCUT2D eigenvalue weighted by atomic mass is 16.4. The summed E-state index contributed by atoms with van der Waals surface area (Å²) in [6.07, 6.45) is 2.73. The third-order valence-electron chi connectivity index (χ3n) is 1.67. The predicted octanol–water partition coefficient (Wildman–Crippen LogP) is -0.157. The highest BCUT2D eigenvalue weighted by molar-refractivity contribution is 5.93. The zero-order chi connectivity index (χ0) is 10.6. The third kappa shape index (κ3) is 2.89. The molecule has 0 fully saturated rings. The summed E-state index contributed by atoms with van der Waals surface area (Å²) in [5.74, 6) is -0.929. The predicted molar refractivity (Wildman–Crippen MR) is 47.3 cm³/mol. The third-order valence-corrected chi connectivity index (χ3v) is 1.67. The lowest BCUT2D eigenvalue weighted by molar-refractivity contribution is -0.143. The smallest absolute Gasteiger partial charge is 0.312 e. The summed E-state index contributed by atoms with van der Waals surface area (Å²) < 4.78 is 0. The molecule has 0 aliphatic carbocycles. The second-order valence-electron chi connectivity index (χ2n) is 2.86. The number of amides is 1. The van der Waals surface area contributed by atoms with Gasteiger partial charge in [-0.05, 0) is 0 Å². The number of hydrogen-bond donors (Lipinski definition) is 2. The first-order valence-corrected chi connectivity index (χ1v) is 4.03. The topological polar surface area (TPSA) is 86.3 Å². The van der Waals surface area contributed by atoms with Crippen molar-refractivity contribution in [2.24, 2.45) is 0 Å². The fourth-order valence-corrected chi connectivity index (χ4v) is 0.962. The van der Waals surface area contributed by atoms with Crippen molar-refractivity contribution >= 4 is 11.9 Å². The van der Waals surface area contributed by atoms with Gasteiger partial charge in [0.2, 0.25) is 5.91 Å². The molecule has 1 amide bonds. The van der Waals surface area contributed by atoms with Crippen LogP contribution in [-0.4, -0.2) is 38.9 Å². The number of aromatic amines is 1. The molecule has 0 aromatic carbocycles. The number of nitrogens with one attached hydrogen (secondary N) is 1. The summed E-state index contributed by atoms with van der Waals surface area (Å²) in [7, 11) is 1.54. The number of carbonyl (C=O) groups is 2. The van der Waals surface area contributed by atoms with Gasteiger partial charge >= 0.3 is 5.97 Å². The molecule has 76 valence electrons. The summed E-state index contributed by atoms with van der Waals surface area (Å²) in [4.78, 5) is 29.5. The Morgan fingerprint density at radius 3 is 2.86 bits per heavy atom. The summed E-state index contributed by atoms with van der Waals surface area (Å²) in [5, 5.41) is 8.39. The van der Waals surface area contributed by atoms with Crippen molar-refractivity contribution in [3.63, 3.8) is 0 Å². The lowest BCUT2D eigenvalue weighted by Crippen LogP contribution is -2.28. The molecule has 6 nitrogen and oxygen atoms in total. The number of hydrogen-bond acceptors (Lipinski definition) is 3. The molecule has 1 rings (SSSR count). The van der Waals surface area contributed by atoms with Crippen molar-refractivity contribution in [3.8, 4) is 0 Å². The first kappa shape index (κ1) is 10.2. The largest absolute Gasteiger partial charge is 0.481 e. The van der Waals surface area contributed by atoms with Crippen LogP contribution in [-0.2, 0) is 16.1 Å². The van der Waals surface area contributed by atoms with E-state index in [0.29, 0.717) is 12.4 Å². The number of rotatable bonds is 4. The molecule has 0 spiro atoms. The molecule has 1 heterocycles. The molecule has 0 atom stereocenters. The molecule has 0 saturated carbocycles. The average Bonchev–Trinajstić information content (AvgIpc) is 2.55. The Balaban J connectivity index is 2.46. The van der Waals surface area contributed by atoms with Gasteiger partial charge in [-0.2, -0.15) is 0 Å². The minimum atomic E-state index is -1.12. The maximum Gasteiger partial charge on any atom is 0.312 e. The molecule has 6 heteroatoms. The van der Waals surface area contributed by atoms with Crippen LogP contribution < -0.4 is 0 Å². The number of nitrogens with zero attached hydrogens (tertiary/aromatic N) is 2. The van der Waals surface area contributed by atoms with Crippen LogP contribution in [0.2, 0.25) is 0 Å². The van der Waals surface area contributed by atoms with Crippen LogP contribution in [0.3, 0.4) is 0 Å². The molecular weight excluding hydrogens is 186 g/mol. The molecule has 1 aromatic heterocycles. The average molecular weight is 197 g/mol. The van der Waals surface area contributed by atoms with Gasteiger partial charge < -0.3 is 15.0 Å². The quantitative estimate of drug-likeness (QED) is 0.657. The highest BCUT2D eigenvalue weighted by Crippen LogP contribution is 1.98. The maximum absolute atomic E-state index is 11.2. The number of imidazole rings is 1. The summed E-state index contributed by atoms with van der Waals surface area (Å²) >= 11 is 0. The van der Waals surface area contributed by atoms with Crippen molar-refractivity contribution in [2.75, 3.05) is 7.05 Å². The number of carboxylic acids is 1. The Morgan fingerprint density at radius 2 is 2.36 bits per heavy atom. The Hall–Kier alpha value is -1.85. The minimum absolute atomic E-state index is 0.291. The van der Waals surface area contributed by atoms with Crippen molar-refractivity contribution in [3.05, 3.63) is 18.2 Å². The molecule has 0 unspecified atom stereocenters. The molecule has 0 aliphatic heterocycles. The van der Waals surface area contributed by atoms with E-state index in [0.717, 1.165) is 0 Å². The van der Waals surface area contributed by atoms with E-state index in [1.165, 1.54) is 11.9 Å². The van der Waals surface area contributed by atoms with Crippen LogP contribution in [0.5, 0.6) is 0 Å². The van der Waals surface area contributed by atoms with Crippen LogP contribution in [0.25, 0.3) is 0 Å². The van der Waals surface area contributed by atoms with Crippen LogP contribution in [0.15, 0.2) is 12.4 Å². The highest BCUT2D eigenvalue weighted by Gasteiger charge is 2.13. The fraction of sp³-hybridized carbons (Fsp3) is 0.375. The monoisotopic (exact) mass is 197 g/mol. The van der Waals surface area contributed by atoms with Crippen LogP contribution in [0.4, 0.5) is 0 Å². The van der Waals surface area contributed by atoms with Gasteiger partial charge in [-0.3, -0.25) is 9.59 Å².